The molecule has 0 fully saturated rings. The smallest absolute Gasteiger partial charge is 0.326 e. The number of hydrogen-bond donors (Lipinski definition) is 2. The van der Waals surface area contributed by atoms with Crippen LogP contribution >= 0.6 is 0 Å². The molecule has 0 aromatic heterocycles. The van der Waals surface area contributed by atoms with E-state index >= 15 is 0 Å². The van der Waals surface area contributed by atoms with Gasteiger partial charge in [-0.05, 0) is 34.6 Å². The van der Waals surface area contributed by atoms with E-state index < -0.39 is 8.40 Å². The first-order valence-electron chi connectivity index (χ1n) is 9.14. The van der Waals surface area contributed by atoms with Gasteiger partial charge in [0.1, 0.15) is 0 Å². The van der Waals surface area contributed by atoms with Gasteiger partial charge >= 0.3 is 8.40 Å². The van der Waals surface area contributed by atoms with E-state index in [0.717, 1.165) is 11.4 Å². The second-order valence-corrected chi connectivity index (χ2v) is 9.62. The van der Waals surface area contributed by atoms with E-state index in [2.05, 4.69) is 119 Å². The number of para-hydroxylation sites is 2. The molecule has 27 heavy (non-hydrogen) atoms. The Bertz CT molecular complexity index is 875. The third-order valence-corrected chi connectivity index (χ3v) is 8.35. The highest BCUT2D eigenvalue weighted by molar-refractivity contribution is 7.06. The summed E-state index contributed by atoms with van der Waals surface area (Å²) in [6.45, 7) is 0. The van der Waals surface area contributed by atoms with Crippen molar-refractivity contribution < 1.29 is 0 Å². The third-order valence-electron chi connectivity index (χ3n) is 4.62. The van der Waals surface area contributed by atoms with Gasteiger partial charge in [0.15, 0.2) is 0 Å². The minimum Gasteiger partial charge on any atom is -0.387 e. The highest BCUT2D eigenvalue weighted by Crippen LogP contribution is 2.17. The molecule has 0 spiro atoms. The SMILES string of the molecule is c1ccc(N[Si](Nc2ccccc2)(c2ccccc2)c2ccccc2)cc1. The predicted octanol–water partition coefficient (Wildman–Crippen LogP) is 4.47. The van der Waals surface area contributed by atoms with E-state index in [1.807, 2.05) is 12.1 Å². The van der Waals surface area contributed by atoms with Gasteiger partial charge in [-0.3, -0.25) is 0 Å². The Morgan fingerprint density at radius 2 is 0.667 bits per heavy atom. The molecule has 0 amide bonds. The van der Waals surface area contributed by atoms with Crippen molar-refractivity contribution >= 4 is 30.1 Å². The molecule has 0 saturated carbocycles. The van der Waals surface area contributed by atoms with Crippen LogP contribution in [0.25, 0.3) is 0 Å². The van der Waals surface area contributed by atoms with E-state index in [0.29, 0.717) is 0 Å². The van der Waals surface area contributed by atoms with Crippen LogP contribution in [0.2, 0.25) is 0 Å². The monoisotopic (exact) mass is 366 g/mol. The molecule has 132 valence electrons. The van der Waals surface area contributed by atoms with Crippen LogP contribution in [0.4, 0.5) is 11.4 Å². The van der Waals surface area contributed by atoms with Crippen molar-refractivity contribution in [2.24, 2.45) is 0 Å². The molecular formula is C24H22N2Si. The summed E-state index contributed by atoms with van der Waals surface area (Å²) in [6, 6.07) is 42.3. The Morgan fingerprint density at radius 1 is 0.370 bits per heavy atom. The second-order valence-electron chi connectivity index (χ2n) is 6.46. The number of benzene rings is 4. The number of rotatable bonds is 6. The maximum atomic E-state index is 3.90. The Hall–Kier alpha value is -3.30. The molecule has 0 saturated heterocycles. The van der Waals surface area contributed by atoms with Crippen molar-refractivity contribution in [3.8, 4) is 0 Å². The average molecular weight is 367 g/mol. The molecule has 3 heteroatoms. The molecule has 0 radical (unpaired) electrons. The second kappa shape index (κ2) is 7.93. The van der Waals surface area contributed by atoms with Crippen molar-refractivity contribution in [3.05, 3.63) is 121 Å². The maximum Gasteiger partial charge on any atom is 0.326 e. The lowest BCUT2D eigenvalue weighted by Gasteiger charge is -2.35. The quantitative estimate of drug-likeness (QED) is 0.492. The Labute approximate surface area is 161 Å². The minimum atomic E-state index is -2.53. The topological polar surface area (TPSA) is 24.1 Å². The average Bonchev–Trinajstić information content (AvgIpc) is 2.76. The van der Waals surface area contributed by atoms with Gasteiger partial charge in [0, 0.05) is 11.4 Å². The Kier molecular flexibility index (Phi) is 5.03. The van der Waals surface area contributed by atoms with Gasteiger partial charge in [0.25, 0.3) is 0 Å². The van der Waals surface area contributed by atoms with Crippen molar-refractivity contribution in [2.75, 3.05) is 9.96 Å². The molecular weight excluding hydrogens is 344 g/mol. The fraction of sp³-hybridized carbons (Fsp3) is 0. The largest absolute Gasteiger partial charge is 0.387 e. The molecule has 4 rings (SSSR count). The zero-order chi connectivity index (χ0) is 18.4. The first-order chi connectivity index (χ1) is 13.4. The first-order valence-corrected chi connectivity index (χ1v) is 11.1. The lowest BCUT2D eigenvalue weighted by Crippen LogP contribution is -2.70. The summed E-state index contributed by atoms with van der Waals surface area (Å²) in [6.07, 6.45) is 0. The van der Waals surface area contributed by atoms with E-state index in [4.69, 9.17) is 0 Å². The van der Waals surface area contributed by atoms with Crippen molar-refractivity contribution in [1.29, 1.82) is 0 Å². The molecule has 2 nitrogen and oxygen atoms in total. The van der Waals surface area contributed by atoms with Crippen LogP contribution in [0.3, 0.4) is 0 Å². The summed E-state index contributed by atoms with van der Waals surface area (Å²) < 4.78 is 0. The number of anilines is 2. The number of nitrogens with one attached hydrogen (secondary N) is 2. The lowest BCUT2D eigenvalue weighted by atomic mass is 10.3. The van der Waals surface area contributed by atoms with E-state index in [1.54, 1.807) is 0 Å². The van der Waals surface area contributed by atoms with E-state index in [-0.39, 0.29) is 0 Å². The zero-order valence-electron chi connectivity index (χ0n) is 15.0. The fourth-order valence-corrected chi connectivity index (χ4v) is 6.90. The van der Waals surface area contributed by atoms with Crippen LogP contribution in [0.15, 0.2) is 121 Å². The third kappa shape index (κ3) is 3.78. The molecule has 0 aliphatic rings. The van der Waals surface area contributed by atoms with E-state index in [1.165, 1.54) is 10.4 Å². The van der Waals surface area contributed by atoms with Gasteiger partial charge in [0.2, 0.25) is 0 Å². The highest BCUT2D eigenvalue weighted by Gasteiger charge is 2.39. The zero-order valence-corrected chi connectivity index (χ0v) is 16.0. The van der Waals surface area contributed by atoms with Gasteiger partial charge in [-0.15, -0.1) is 0 Å². The van der Waals surface area contributed by atoms with Crippen LogP contribution in [-0.2, 0) is 0 Å². The van der Waals surface area contributed by atoms with Gasteiger partial charge in [-0.25, -0.2) is 0 Å². The minimum absolute atomic E-state index is 1.11. The molecule has 2 N–H and O–H groups in total. The van der Waals surface area contributed by atoms with Crippen molar-refractivity contribution in [1.82, 2.24) is 0 Å². The predicted molar refractivity (Wildman–Crippen MR) is 118 cm³/mol. The lowest BCUT2D eigenvalue weighted by molar-refractivity contribution is 1.55. The van der Waals surface area contributed by atoms with Crippen LogP contribution in [0, 0.1) is 0 Å². The van der Waals surface area contributed by atoms with Crippen LogP contribution < -0.4 is 20.3 Å². The normalized spacial score (nSPS) is 11.0. The van der Waals surface area contributed by atoms with E-state index in [9.17, 15) is 0 Å². The molecule has 0 aliphatic heterocycles. The Balaban J connectivity index is 1.90. The summed E-state index contributed by atoms with van der Waals surface area (Å²) in [5, 5.41) is 2.56. The summed E-state index contributed by atoms with van der Waals surface area (Å²) >= 11 is 0. The van der Waals surface area contributed by atoms with Gasteiger partial charge < -0.3 is 9.96 Å². The summed E-state index contributed by atoms with van der Waals surface area (Å²) in [5.74, 6) is 0. The van der Waals surface area contributed by atoms with Crippen LogP contribution in [0.5, 0.6) is 0 Å². The van der Waals surface area contributed by atoms with Crippen molar-refractivity contribution in [3.63, 3.8) is 0 Å². The summed E-state index contributed by atoms with van der Waals surface area (Å²) in [7, 11) is -2.53. The van der Waals surface area contributed by atoms with Gasteiger partial charge in [-0.2, -0.15) is 0 Å². The molecule has 0 heterocycles. The standard InChI is InChI=1S/C24H22N2Si/c1-5-13-21(14-6-1)25-27(23-17-9-3-10-18-23,24-19-11-4-12-20-24)26-22-15-7-2-8-16-22/h1-20,25-26H. The first kappa shape index (κ1) is 17.1. The maximum absolute atomic E-state index is 3.90. The van der Waals surface area contributed by atoms with Gasteiger partial charge in [0.05, 0.1) is 0 Å². The summed E-state index contributed by atoms with van der Waals surface area (Å²) in [5.41, 5.74) is 2.22. The molecule has 4 aromatic rings. The van der Waals surface area contributed by atoms with Crippen LogP contribution in [-0.4, -0.2) is 8.40 Å². The fourth-order valence-electron chi connectivity index (χ4n) is 3.34. The molecule has 0 bridgehead atoms. The molecule has 0 unspecified atom stereocenters. The molecule has 4 aromatic carbocycles. The highest BCUT2D eigenvalue weighted by atomic mass is 28.3. The Morgan fingerprint density at radius 3 is 1.00 bits per heavy atom. The van der Waals surface area contributed by atoms with Gasteiger partial charge in [-0.1, -0.05) is 97.1 Å². The number of hydrogen-bond acceptors (Lipinski definition) is 2. The molecule has 0 aliphatic carbocycles. The van der Waals surface area contributed by atoms with Crippen LogP contribution in [0.1, 0.15) is 0 Å². The molecule has 0 atom stereocenters. The van der Waals surface area contributed by atoms with Crippen molar-refractivity contribution in [2.45, 2.75) is 0 Å². The summed E-state index contributed by atoms with van der Waals surface area (Å²) in [4.78, 5) is 7.80.